The minimum Gasteiger partial charge on any atom is -0.372 e. The SMILES string of the molecule is CCN(/C=C(/C#N)C(=O)N(C)C1CCCCC1)Cc1ccccc1. The van der Waals surface area contributed by atoms with Gasteiger partial charge in [-0.2, -0.15) is 5.26 Å². The van der Waals surface area contributed by atoms with E-state index in [2.05, 4.69) is 18.2 Å². The molecule has 0 aromatic heterocycles. The summed E-state index contributed by atoms with van der Waals surface area (Å²) in [5.41, 5.74) is 1.39. The van der Waals surface area contributed by atoms with Gasteiger partial charge in [0, 0.05) is 32.4 Å². The summed E-state index contributed by atoms with van der Waals surface area (Å²) in [5, 5.41) is 9.46. The van der Waals surface area contributed by atoms with Crippen LogP contribution in [0.5, 0.6) is 0 Å². The highest BCUT2D eigenvalue weighted by Gasteiger charge is 2.24. The van der Waals surface area contributed by atoms with Crippen molar-refractivity contribution in [3.63, 3.8) is 0 Å². The van der Waals surface area contributed by atoms with Gasteiger partial charge in [0.1, 0.15) is 11.6 Å². The van der Waals surface area contributed by atoms with Crippen molar-refractivity contribution in [2.75, 3.05) is 13.6 Å². The van der Waals surface area contributed by atoms with Crippen molar-refractivity contribution in [2.24, 2.45) is 0 Å². The Morgan fingerprint density at radius 1 is 1.25 bits per heavy atom. The lowest BCUT2D eigenvalue weighted by Crippen LogP contribution is -2.39. The van der Waals surface area contributed by atoms with Gasteiger partial charge in [-0.15, -0.1) is 0 Å². The molecule has 4 heteroatoms. The summed E-state index contributed by atoms with van der Waals surface area (Å²) in [4.78, 5) is 16.5. The molecule has 0 unspecified atom stereocenters. The van der Waals surface area contributed by atoms with Crippen LogP contribution in [0.15, 0.2) is 42.1 Å². The summed E-state index contributed by atoms with van der Waals surface area (Å²) in [7, 11) is 1.83. The Morgan fingerprint density at radius 3 is 2.50 bits per heavy atom. The minimum absolute atomic E-state index is 0.157. The molecule has 0 atom stereocenters. The molecule has 0 saturated heterocycles. The number of rotatable bonds is 6. The van der Waals surface area contributed by atoms with Crippen LogP contribution in [0.1, 0.15) is 44.6 Å². The van der Waals surface area contributed by atoms with Gasteiger partial charge in [0.2, 0.25) is 0 Å². The number of hydrogen-bond donors (Lipinski definition) is 0. The average molecular weight is 325 g/mol. The van der Waals surface area contributed by atoms with Crippen molar-refractivity contribution in [1.29, 1.82) is 5.26 Å². The van der Waals surface area contributed by atoms with Gasteiger partial charge >= 0.3 is 0 Å². The molecule has 0 bridgehead atoms. The van der Waals surface area contributed by atoms with E-state index >= 15 is 0 Å². The van der Waals surface area contributed by atoms with Gasteiger partial charge in [-0.25, -0.2) is 0 Å². The van der Waals surface area contributed by atoms with Gasteiger partial charge < -0.3 is 9.80 Å². The number of nitrogens with zero attached hydrogens (tertiary/aromatic N) is 3. The topological polar surface area (TPSA) is 47.3 Å². The minimum atomic E-state index is -0.157. The van der Waals surface area contributed by atoms with E-state index in [1.54, 1.807) is 11.1 Å². The van der Waals surface area contributed by atoms with Crippen LogP contribution < -0.4 is 0 Å². The first kappa shape index (κ1) is 18.1. The van der Waals surface area contributed by atoms with Gasteiger partial charge in [0.15, 0.2) is 0 Å². The van der Waals surface area contributed by atoms with Crippen LogP contribution in [0.25, 0.3) is 0 Å². The van der Waals surface area contributed by atoms with Crippen LogP contribution in [0.2, 0.25) is 0 Å². The predicted molar refractivity (Wildman–Crippen MR) is 95.9 cm³/mol. The van der Waals surface area contributed by atoms with Gasteiger partial charge in [-0.1, -0.05) is 49.6 Å². The molecule has 1 aliphatic carbocycles. The lowest BCUT2D eigenvalue weighted by molar-refractivity contribution is -0.128. The summed E-state index contributed by atoms with van der Waals surface area (Å²) in [6.07, 6.45) is 7.39. The van der Waals surface area contributed by atoms with Crippen LogP contribution in [0.3, 0.4) is 0 Å². The lowest BCUT2D eigenvalue weighted by atomic mass is 9.94. The summed E-state index contributed by atoms with van der Waals surface area (Å²) < 4.78 is 0. The number of nitriles is 1. The number of amides is 1. The zero-order valence-electron chi connectivity index (χ0n) is 14.7. The highest BCUT2D eigenvalue weighted by atomic mass is 16.2. The zero-order chi connectivity index (χ0) is 17.4. The normalized spacial score (nSPS) is 15.6. The van der Waals surface area contributed by atoms with Crippen LogP contribution in [0.4, 0.5) is 0 Å². The van der Waals surface area contributed by atoms with Crippen LogP contribution in [-0.4, -0.2) is 35.3 Å². The molecule has 1 fully saturated rings. The summed E-state index contributed by atoms with van der Waals surface area (Å²) in [6, 6.07) is 12.5. The molecule has 0 aliphatic heterocycles. The predicted octanol–water partition coefficient (Wildman–Crippen LogP) is 3.71. The van der Waals surface area contributed by atoms with Gasteiger partial charge in [-0.05, 0) is 25.3 Å². The maximum atomic E-state index is 12.7. The summed E-state index contributed by atoms with van der Waals surface area (Å²) in [6.45, 7) is 3.48. The Bertz CT molecular complexity index is 597. The molecule has 0 spiro atoms. The van der Waals surface area contributed by atoms with Crippen molar-refractivity contribution in [3.8, 4) is 6.07 Å². The van der Waals surface area contributed by atoms with Crippen molar-refractivity contribution in [3.05, 3.63) is 47.7 Å². The molecule has 1 amide bonds. The van der Waals surface area contributed by atoms with E-state index < -0.39 is 0 Å². The smallest absolute Gasteiger partial charge is 0.265 e. The maximum absolute atomic E-state index is 12.7. The molecule has 24 heavy (non-hydrogen) atoms. The summed E-state index contributed by atoms with van der Waals surface area (Å²) in [5.74, 6) is -0.157. The highest BCUT2D eigenvalue weighted by Crippen LogP contribution is 2.22. The quantitative estimate of drug-likeness (QED) is 0.592. The Hall–Kier alpha value is -2.28. The molecule has 1 saturated carbocycles. The molecule has 1 aromatic rings. The van der Waals surface area contributed by atoms with E-state index in [0.29, 0.717) is 6.54 Å². The number of likely N-dealkylation sites (N-methyl/N-ethyl adjacent to an activating group) is 1. The number of carbonyl (C=O) groups is 1. The summed E-state index contributed by atoms with van der Waals surface area (Å²) >= 11 is 0. The first-order chi connectivity index (χ1) is 11.7. The second-order valence-corrected chi connectivity index (χ2v) is 6.41. The van der Waals surface area contributed by atoms with Crippen molar-refractivity contribution in [2.45, 2.75) is 51.6 Å². The Kier molecular flexibility index (Phi) is 6.87. The Morgan fingerprint density at radius 2 is 1.92 bits per heavy atom. The highest BCUT2D eigenvalue weighted by molar-refractivity contribution is 5.97. The lowest BCUT2D eigenvalue weighted by Gasteiger charge is -2.31. The van der Waals surface area contributed by atoms with E-state index in [4.69, 9.17) is 0 Å². The van der Waals surface area contributed by atoms with Crippen molar-refractivity contribution >= 4 is 5.91 Å². The molecule has 1 aromatic carbocycles. The monoisotopic (exact) mass is 325 g/mol. The fourth-order valence-corrected chi connectivity index (χ4v) is 3.21. The largest absolute Gasteiger partial charge is 0.372 e. The van der Waals surface area contributed by atoms with Crippen LogP contribution in [-0.2, 0) is 11.3 Å². The van der Waals surface area contributed by atoms with Crippen LogP contribution >= 0.6 is 0 Å². The number of benzene rings is 1. The third kappa shape index (κ3) is 4.86. The van der Waals surface area contributed by atoms with Gasteiger partial charge in [0.25, 0.3) is 5.91 Å². The molecule has 128 valence electrons. The standard InChI is InChI=1S/C20H27N3O/c1-3-23(15-17-10-6-4-7-11-17)16-18(14-21)20(24)22(2)19-12-8-5-9-13-19/h4,6-7,10-11,16,19H,3,5,8-9,12-13,15H2,1-2H3/b18-16-. The number of carbonyl (C=O) groups excluding carboxylic acids is 1. The molecule has 0 N–H and O–H groups in total. The Labute approximate surface area is 145 Å². The first-order valence-corrected chi connectivity index (χ1v) is 8.82. The second-order valence-electron chi connectivity index (χ2n) is 6.41. The molecular weight excluding hydrogens is 298 g/mol. The molecule has 1 aliphatic rings. The van der Waals surface area contributed by atoms with Crippen molar-refractivity contribution in [1.82, 2.24) is 9.80 Å². The second kappa shape index (κ2) is 9.12. The molecule has 4 nitrogen and oxygen atoms in total. The molecular formula is C20H27N3O. The van der Waals surface area contributed by atoms with E-state index in [1.165, 1.54) is 24.8 Å². The molecule has 0 heterocycles. The third-order valence-electron chi connectivity index (χ3n) is 4.74. The fourth-order valence-electron chi connectivity index (χ4n) is 3.21. The average Bonchev–Trinajstić information content (AvgIpc) is 2.65. The molecule has 2 rings (SSSR count). The van der Waals surface area contributed by atoms with Crippen LogP contribution in [0, 0.1) is 11.3 Å². The van der Waals surface area contributed by atoms with E-state index in [-0.39, 0.29) is 17.5 Å². The fraction of sp³-hybridized carbons (Fsp3) is 0.500. The van der Waals surface area contributed by atoms with Gasteiger partial charge in [0.05, 0.1) is 0 Å². The van der Waals surface area contributed by atoms with Gasteiger partial charge in [-0.3, -0.25) is 4.79 Å². The van der Waals surface area contributed by atoms with E-state index in [0.717, 1.165) is 19.4 Å². The first-order valence-electron chi connectivity index (χ1n) is 8.82. The Balaban J connectivity index is 2.07. The van der Waals surface area contributed by atoms with Crippen molar-refractivity contribution < 1.29 is 4.79 Å². The molecule has 0 radical (unpaired) electrons. The van der Waals surface area contributed by atoms with E-state index in [9.17, 15) is 10.1 Å². The van der Waals surface area contributed by atoms with E-state index in [1.807, 2.05) is 37.1 Å². The number of hydrogen-bond acceptors (Lipinski definition) is 3. The third-order valence-corrected chi connectivity index (χ3v) is 4.74. The zero-order valence-corrected chi connectivity index (χ0v) is 14.7. The maximum Gasteiger partial charge on any atom is 0.265 e.